The third-order valence-corrected chi connectivity index (χ3v) is 13.6. The second kappa shape index (κ2) is 34.2. The number of aliphatic hydroxyl groups excluding tert-OH is 6. The Morgan fingerprint density at radius 1 is 0.838 bits per heavy atom. The molecule has 68 heavy (non-hydrogen) atoms. The van der Waals surface area contributed by atoms with Gasteiger partial charge in [-0.2, -0.15) is 0 Å². The first-order valence-corrected chi connectivity index (χ1v) is 27.7. The first-order valence-electron chi connectivity index (χ1n) is 24.6. The lowest BCUT2D eigenvalue weighted by Gasteiger charge is -2.38. The summed E-state index contributed by atoms with van der Waals surface area (Å²) in [5.41, 5.74) is 0. The van der Waals surface area contributed by atoms with E-state index in [9.17, 15) is 68.8 Å². The van der Waals surface area contributed by atoms with E-state index in [2.05, 4.69) is 19.1 Å². The number of ether oxygens (including phenoxy) is 2. The summed E-state index contributed by atoms with van der Waals surface area (Å²) in [5.74, 6) is -5.82. The molecule has 1 heterocycles. The number of unbranched alkanes of at least 4 members (excludes halogenated alkanes) is 13. The van der Waals surface area contributed by atoms with Gasteiger partial charge in [0, 0.05) is 25.2 Å². The normalized spacial score (nSPS) is 30.9. The Labute approximate surface area is 402 Å². The average Bonchev–Trinajstić information content (AvgIpc) is 3.28. The van der Waals surface area contributed by atoms with Crippen molar-refractivity contribution in [2.24, 2.45) is 11.8 Å². The largest absolute Gasteiger partial charge is 0.472 e. The fourth-order valence-electron chi connectivity index (χ4n) is 8.08. The summed E-state index contributed by atoms with van der Waals surface area (Å²) in [5, 5.41) is 68.1. The zero-order valence-electron chi connectivity index (χ0n) is 40.0. The third kappa shape index (κ3) is 25.8. The Hall–Kier alpha value is -2.19. The zero-order valence-corrected chi connectivity index (χ0v) is 41.8. The molecule has 0 amide bonds. The number of hydrogen-bond donors (Lipinski definition) is 9. The molecule has 21 heteroatoms. The summed E-state index contributed by atoms with van der Waals surface area (Å²) >= 11 is 0. The number of carbonyl (C=O) groups excluding carboxylic acids is 3. The molecule has 394 valence electrons. The van der Waals surface area contributed by atoms with Gasteiger partial charge in [-0.05, 0) is 57.8 Å². The van der Waals surface area contributed by atoms with E-state index in [0.717, 1.165) is 63.5 Å². The van der Waals surface area contributed by atoms with Crippen LogP contribution in [-0.2, 0) is 46.6 Å². The lowest BCUT2D eigenvalue weighted by atomic mass is 9.83. The maximum absolute atomic E-state index is 13.9. The Bertz CT molecular complexity index is 1620. The molecule has 0 radical (unpaired) electrons. The molecule has 0 aromatic rings. The molecule has 12 atom stereocenters. The van der Waals surface area contributed by atoms with Crippen LogP contribution in [0, 0.1) is 11.8 Å². The molecule has 0 aromatic carbocycles. The minimum Gasteiger partial charge on any atom is -0.462 e. The molecule has 0 aromatic heterocycles. The monoisotopic (exact) mass is 1010 g/mol. The van der Waals surface area contributed by atoms with E-state index < -0.39 is 120 Å². The molecule has 1 aliphatic heterocycles. The second-order valence-electron chi connectivity index (χ2n) is 18.0. The van der Waals surface area contributed by atoms with Crippen LogP contribution in [0.4, 0.5) is 0 Å². The molecule has 1 fully saturated rings. The van der Waals surface area contributed by atoms with E-state index in [-0.39, 0.29) is 38.5 Å². The van der Waals surface area contributed by atoms with Gasteiger partial charge in [0.05, 0.1) is 36.9 Å². The number of Topliss-reactive ketones (excluding diaryl/α,β-unsaturated/α-hetero) is 1. The third-order valence-electron chi connectivity index (χ3n) is 12.1. The van der Waals surface area contributed by atoms with Crippen molar-refractivity contribution >= 4 is 33.4 Å². The predicted molar refractivity (Wildman–Crippen MR) is 251 cm³/mol. The van der Waals surface area contributed by atoms with Gasteiger partial charge in [-0.1, -0.05) is 121 Å². The highest BCUT2D eigenvalue weighted by molar-refractivity contribution is 7.47. The van der Waals surface area contributed by atoms with Gasteiger partial charge in [0.1, 0.15) is 36.8 Å². The number of hydrogen-bond acceptors (Lipinski definition) is 16. The van der Waals surface area contributed by atoms with Crippen LogP contribution < -0.4 is 0 Å². The molecule has 2 aliphatic rings. The van der Waals surface area contributed by atoms with Crippen molar-refractivity contribution in [1.82, 2.24) is 0 Å². The van der Waals surface area contributed by atoms with Gasteiger partial charge in [0.2, 0.25) is 0 Å². The van der Waals surface area contributed by atoms with Gasteiger partial charge in [0.25, 0.3) is 0 Å². The summed E-state index contributed by atoms with van der Waals surface area (Å²) < 4.78 is 52.1. The number of fused-ring (bicyclic) bond motifs is 4. The van der Waals surface area contributed by atoms with Gasteiger partial charge in [-0.25, -0.2) is 9.13 Å². The first-order chi connectivity index (χ1) is 32.3. The van der Waals surface area contributed by atoms with E-state index in [1.54, 1.807) is 6.08 Å². The number of aliphatic hydroxyl groups is 6. The van der Waals surface area contributed by atoms with Crippen LogP contribution in [0.25, 0.3) is 0 Å². The molecule has 0 saturated heterocycles. The number of cyclic esters (lactones) is 1. The summed E-state index contributed by atoms with van der Waals surface area (Å²) in [6.07, 6.45) is 5.30. The SMILES string of the molecule is CCCCCCCC/C=C\CCCCCCCC(=O)O[C@@H]1COC(=O)CCC/C=C\C[C@@H]2[C@@H](O)[C@H](O)[C@@H](O)[C@H](OP(=O)(O)OC1)[C@H](OP(=O)(O)O)[C@H](O)[C@@H](/C=C/[C@@H](O)CCCCC)C(=O)C[C@@H]2O. The molecule has 19 nitrogen and oxygen atoms in total. The van der Waals surface area contributed by atoms with E-state index in [1.165, 1.54) is 44.6 Å². The van der Waals surface area contributed by atoms with Crippen molar-refractivity contribution in [1.29, 1.82) is 0 Å². The summed E-state index contributed by atoms with van der Waals surface area (Å²) in [7, 11) is -11.5. The number of esters is 2. The van der Waals surface area contributed by atoms with Crippen LogP contribution in [0.1, 0.15) is 162 Å². The molecule has 9 N–H and O–H groups in total. The Kier molecular flexibility index (Phi) is 31.2. The average molecular weight is 1010 g/mol. The number of allylic oxidation sites excluding steroid dienone is 4. The molecule has 1 saturated carbocycles. The van der Waals surface area contributed by atoms with E-state index >= 15 is 0 Å². The van der Waals surface area contributed by atoms with Crippen LogP contribution in [-0.4, -0.2) is 131 Å². The topological polar surface area (TPSA) is 314 Å². The van der Waals surface area contributed by atoms with Crippen LogP contribution in [0.3, 0.4) is 0 Å². The van der Waals surface area contributed by atoms with Crippen molar-refractivity contribution in [2.45, 2.75) is 216 Å². The van der Waals surface area contributed by atoms with Crippen LogP contribution in [0.5, 0.6) is 0 Å². The fourth-order valence-corrected chi connectivity index (χ4v) is 9.61. The van der Waals surface area contributed by atoms with Crippen molar-refractivity contribution in [2.75, 3.05) is 13.2 Å². The molecule has 2 bridgehead atoms. The number of carbonyl (C=O) groups is 3. The smallest absolute Gasteiger partial charge is 0.462 e. The van der Waals surface area contributed by atoms with Crippen molar-refractivity contribution in [3.8, 4) is 0 Å². The van der Waals surface area contributed by atoms with Gasteiger partial charge < -0.3 is 54.8 Å². The van der Waals surface area contributed by atoms with E-state index in [1.807, 2.05) is 6.92 Å². The number of phosphoric ester groups is 2. The minimum atomic E-state index is -5.80. The molecular formula is C47H82O19P2. The summed E-state index contributed by atoms with van der Waals surface area (Å²) in [6, 6.07) is 0. The number of phosphoric acid groups is 2. The van der Waals surface area contributed by atoms with Gasteiger partial charge >= 0.3 is 27.6 Å². The van der Waals surface area contributed by atoms with Crippen LogP contribution in [0.15, 0.2) is 36.5 Å². The minimum absolute atomic E-state index is 0.0459. The maximum Gasteiger partial charge on any atom is 0.472 e. The zero-order chi connectivity index (χ0) is 50.5. The standard InChI is InChI=1S/C47H82O19P2/c1-3-5-7-8-9-10-11-12-13-14-15-16-17-18-24-28-41(52)64-35-32-62-40(51)27-23-20-19-22-26-36-38(49)31-39(50)37(30-29-34(48)25-21-6-4-2)43(54)46(65-67(57,58)59)47(45(56)44(55)42(36)53)66-68(60,61)63-33-35/h12-13,19,22,29-30,34-38,42-49,53-56H,3-11,14-18,20-21,23-28,31-33H2,1-2H3,(H,60,61)(H2,57,58,59)/b13-12-,22-19-,30-29+/t34-,35+,36-,37-,38-,42+,43+,44-,45+,46+,47-/m0/s1. The van der Waals surface area contributed by atoms with Gasteiger partial charge in [-0.15, -0.1) is 0 Å². The summed E-state index contributed by atoms with van der Waals surface area (Å²) in [4.78, 5) is 70.6. The van der Waals surface area contributed by atoms with Gasteiger partial charge in [-0.3, -0.25) is 28.0 Å². The highest BCUT2D eigenvalue weighted by atomic mass is 31.2. The van der Waals surface area contributed by atoms with Crippen molar-refractivity contribution in [3.05, 3.63) is 36.5 Å². The quantitative estimate of drug-likeness (QED) is 0.0228. The number of rotatable bonds is 24. The van der Waals surface area contributed by atoms with Crippen molar-refractivity contribution in [3.63, 3.8) is 0 Å². The highest BCUT2D eigenvalue weighted by Crippen LogP contribution is 2.49. The Morgan fingerprint density at radius 3 is 2.10 bits per heavy atom. The highest BCUT2D eigenvalue weighted by Gasteiger charge is 2.51. The predicted octanol–water partition coefficient (Wildman–Crippen LogP) is 6.10. The van der Waals surface area contributed by atoms with Crippen LogP contribution >= 0.6 is 15.6 Å². The second-order valence-corrected chi connectivity index (χ2v) is 20.6. The molecular weight excluding hydrogens is 930 g/mol. The van der Waals surface area contributed by atoms with Gasteiger partial charge in [0.15, 0.2) is 6.10 Å². The van der Waals surface area contributed by atoms with Crippen molar-refractivity contribution < 1.29 is 91.9 Å². The lowest BCUT2D eigenvalue weighted by Crippen LogP contribution is -2.56. The maximum atomic E-state index is 13.9. The molecule has 0 spiro atoms. The molecule has 1 aliphatic carbocycles. The van der Waals surface area contributed by atoms with E-state index in [0.29, 0.717) is 12.8 Å². The number of ketones is 1. The summed E-state index contributed by atoms with van der Waals surface area (Å²) in [6.45, 7) is 2.52. The fraction of sp³-hybridized carbons (Fsp3) is 0.809. The van der Waals surface area contributed by atoms with Crippen LogP contribution in [0.2, 0.25) is 0 Å². The van der Waals surface area contributed by atoms with E-state index in [4.69, 9.17) is 23.0 Å². The Balaban J connectivity index is 2.35. The lowest BCUT2D eigenvalue weighted by molar-refractivity contribution is -0.165. The first kappa shape index (κ1) is 61.9. The molecule has 1 unspecified atom stereocenters. The Morgan fingerprint density at radius 2 is 1.46 bits per heavy atom. The molecule has 2 rings (SSSR count).